The van der Waals surface area contributed by atoms with E-state index < -0.39 is 5.82 Å². The Labute approximate surface area is 170 Å². The Hall–Kier alpha value is -2.26. The van der Waals surface area contributed by atoms with Gasteiger partial charge in [0.05, 0.1) is 28.2 Å². The molecule has 0 unspecified atom stereocenters. The van der Waals surface area contributed by atoms with E-state index in [4.69, 9.17) is 4.74 Å². The summed E-state index contributed by atoms with van der Waals surface area (Å²) in [5, 5.41) is 0. The van der Waals surface area contributed by atoms with Crippen molar-refractivity contribution >= 4 is 39.2 Å². The minimum Gasteiger partial charge on any atom is -0.470 e. The fraction of sp³-hybridized carbons (Fsp3) is 0.368. The van der Waals surface area contributed by atoms with E-state index in [9.17, 15) is 9.18 Å². The summed E-state index contributed by atoms with van der Waals surface area (Å²) in [6, 6.07) is 7.93. The van der Waals surface area contributed by atoms with Crippen molar-refractivity contribution in [3.8, 4) is 5.88 Å². The molecule has 28 heavy (non-hydrogen) atoms. The molecule has 146 valence electrons. The molecule has 1 aliphatic heterocycles. The third kappa shape index (κ3) is 4.10. The number of aromatic nitrogens is 3. The third-order valence-electron chi connectivity index (χ3n) is 4.53. The number of amides is 1. The fourth-order valence-electron chi connectivity index (χ4n) is 3.05. The summed E-state index contributed by atoms with van der Waals surface area (Å²) in [5.41, 5.74) is 1.29. The lowest BCUT2D eigenvalue weighted by Gasteiger charge is -2.17. The highest BCUT2D eigenvalue weighted by molar-refractivity contribution is 8.01. The number of thiazole rings is 1. The zero-order valence-electron chi connectivity index (χ0n) is 15.3. The maximum absolute atomic E-state index is 14.2. The molecule has 0 saturated carbocycles. The zero-order chi connectivity index (χ0) is 19.5. The molecule has 9 heteroatoms. The van der Waals surface area contributed by atoms with Gasteiger partial charge in [-0.05, 0) is 18.6 Å². The predicted molar refractivity (Wildman–Crippen MR) is 107 cm³/mol. The van der Waals surface area contributed by atoms with Crippen LogP contribution >= 0.6 is 23.1 Å². The number of hydrogen-bond acceptors (Lipinski definition) is 7. The monoisotopic (exact) mass is 418 g/mol. The van der Waals surface area contributed by atoms with Crippen LogP contribution in [0.15, 0.2) is 34.9 Å². The van der Waals surface area contributed by atoms with E-state index in [-0.39, 0.29) is 17.9 Å². The van der Waals surface area contributed by atoms with E-state index in [1.54, 1.807) is 16.2 Å². The Balaban J connectivity index is 1.31. The SMILES string of the molecule is CCc1ncnc(O[C@H]2CCN(C(=O)CSc3nc4ccccc4s3)C2)c1F. The second kappa shape index (κ2) is 8.40. The van der Waals surface area contributed by atoms with Gasteiger partial charge < -0.3 is 9.64 Å². The number of aryl methyl sites for hydroxylation is 1. The second-order valence-corrected chi connectivity index (χ2v) is 8.65. The molecule has 3 aromatic rings. The van der Waals surface area contributed by atoms with Gasteiger partial charge in [0.15, 0.2) is 4.34 Å². The Morgan fingerprint density at radius 3 is 3.07 bits per heavy atom. The number of benzene rings is 1. The van der Waals surface area contributed by atoms with Crippen molar-refractivity contribution in [1.82, 2.24) is 19.9 Å². The molecule has 4 rings (SSSR count). The Kier molecular flexibility index (Phi) is 5.72. The van der Waals surface area contributed by atoms with Crippen LogP contribution in [0.1, 0.15) is 19.0 Å². The number of halogens is 1. The van der Waals surface area contributed by atoms with Gasteiger partial charge in [-0.3, -0.25) is 4.79 Å². The molecular weight excluding hydrogens is 399 g/mol. The molecule has 2 aromatic heterocycles. The summed E-state index contributed by atoms with van der Waals surface area (Å²) in [5.74, 6) is -0.182. The maximum Gasteiger partial charge on any atom is 0.254 e. The lowest BCUT2D eigenvalue weighted by Crippen LogP contribution is -2.32. The number of thioether (sulfide) groups is 1. The van der Waals surface area contributed by atoms with Gasteiger partial charge in [-0.25, -0.2) is 9.97 Å². The summed E-state index contributed by atoms with van der Waals surface area (Å²) < 4.78 is 21.9. The number of nitrogens with zero attached hydrogens (tertiary/aromatic N) is 4. The summed E-state index contributed by atoms with van der Waals surface area (Å²) in [7, 11) is 0. The van der Waals surface area contributed by atoms with E-state index in [0.29, 0.717) is 37.4 Å². The Bertz CT molecular complexity index is 964. The molecule has 1 aromatic carbocycles. The molecular formula is C19H19FN4O2S2. The second-order valence-electron chi connectivity index (χ2n) is 6.40. The summed E-state index contributed by atoms with van der Waals surface area (Å²) in [6.45, 7) is 2.86. The molecule has 1 saturated heterocycles. The quantitative estimate of drug-likeness (QED) is 0.570. The molecule has 1 aliphatic rings. The minimum absolute atomic E-state index is 0.0324. The van der Waals surface area contributed by atoms with Crippen molar-refractivity contribution in [1.29, 1.82) is 0 Å². The van der Waals surface area contributed by atoms with E-state index in [2.05, 4.69) is 15.0 Å². The van der Waals surface area contributed by atoms with Gasteiger partial charge in [-0.1, -0.05) is 30.8 Å². The van der Waals surface area contributed by atoms with Crippen LogP contribution in [0.25, 0.3) is 10.2 Å². The van der Waals surface area contributed by atoms with E-state index in [1.807, 2.05) is 31.2 Å². The largest absolute Gasteiger partial charge is 0.470 e. The van der Waals surface area contributed by atoms with Gasteiger partial charge in [-0.2, -0.15) is 9.37 Å². The Morgan fingerprint density at radius 1 is 1.39 bits per heavy atom. The van der Waals surface area contributed by atoms with Gasteiger partial charge in [0.1, 0.15) is 12.4 Å². The molecule has 1 atom stereocenters. The molecule has 3 heterocycles. The zero-order valence-corrected chi connectivity index (χ0v) is 16.9. The highest BCUT2D eigenvalue weighted by Crippen LogP contribution is 2.30. The van der Waals surface area contributed by atoms with Crippen LogP contribution in [0.3, 0.4) is 0 Å². The molecule has 0 aliphatic carbocycles. The van der Waals surface area contributed by atoms with Gasteiger partial charge in [0.25, 0.3) is 5.88 Å². The highest BCUT2D eigenvalue weighted by atomic mass is 32.2. The van der Waals surface area contributed by atoms with Gasteiger partial charge >= 0.3 is 0 Å². The van der Waals surface area contributed by atoms with E-state index in [1.165, 1.54) is 18.1 Å². The predicted octanol–water partition coefficient (Wildman–Crippen LogP) is 3.56. The standard InChI is InChI=1S/C19H19FN4O2S2/c1-2-13-17(20)18(22-11-21-13)26-12-7-8-24(9-12)16(25)10-27-19-23-14-5-3-4-6-15(14)28-19/h3-6,11-12H,2,7-10H2,1H3/t12-/m0/s1. The summed E-state index contributed by atoms with van der Waals surface area (Å²) >= 11 is 3.04. The number of rotatable bonds is 6. The first-order valence-electron chi connectivity index (χ1n) is 9.06. The normalized spacial score (nSPS) is 16.6. The first-order chi connectivity index (χ1) is 13.6. The molecule has 0 N–H and O–H groups in total. The van der Waals surface area contributed by atoms with Crippen LogP contribution in [0.2, 0.25) is 0 Å². The van der Waals surface area contributed by atoms with Crippen LogP contribution in [0.4, 0.5) is 4.39 Å². The first-order valence-corrected chi connectivity index (χ1v) is 10.9. The molecule has 0 spiro atoms. The highest BCUT2D eigenvalue weighted by Gasteiger charge is 2.29. The topological polar surface area (TPSA) is 68.2 Å². The van der Waals surface area contributed by atoms with Crippen LogP contribution in [0.5, 0.6) is 5.88 Å². The van der Waals surface area contributed by atoms with Crippen LogP contribution in [-0.2, 0) is 11.2 Å². The van der Waals surface area contributed by atoms with Crippen LogP contribution < -0.4 is 4.74 Å². The number of para-hydroxylation sites is 1. The number of likely N-dealkylation sites (tertiary alicyclic amines) is 1. The van der Waals surface area contributed by atoms with Crippen molar-refractivity contribution in [3.63, 3.8) is 0 Å². The average Bonchev–Trinajstić information content (AvgIpc) is 3.34. The van der Waals surface area contributed by atoms with Crippen LogP contribution in [-0.4, -0.2) is 50.7 Å². The third-order valence-corrected chi connectivity index (χ3v) is 6.70. The lowest BCUT2D eigenvalue weighted by atomic mass is 10.3. The van der Waals surface area contributed by atoms with E-state index in [0.717, 1.165) is 14.6 Å². The van der Waals surface area contributed by atoms with Gasteiger partial charge in [0.2, 0.25) is 11.7 Å². The van der Waals surface area contributed by atoms with Gasteiger partial charge in [-0.15, -0.1) is 11.3 Å². The molecule has 0 radical (unpaired) electrons. The molecule has 1 fully saturated rings. The van der Waals surface area contributed by atoms with Gasteiger partial charge in [0, 0.05) is 13.0 Å². The average molecular weight is 419 g/mol. The first kappa shape index (κ1) is 19.1. The smallest absolute Gasteiger partial charge is 0.254 e. The van der Waals surface area contributed by atoms with Crippen molar-refractivity contribution in [2.75, 3.05) is 18.8 Å². The maximum atomic E-state index is 14.2. The summed E-state index contributed by atoms with van der Waals surface area (Å²) in [6.07, 6.45) is 2.18. The van der Waals surface area contributed by atoms with E-state index >= 15 is 0 Å². The van der Waals surface area contributed by atoms with Crippen molar-refractivity contribution in [2.24, 2.45) is 0 Å². The Morgan fingerprint density at radius 2 is 2.25 bits per heavy atom. The minimum atomic E-state index is -0.513. The fourth-order valence-corrected chi connectivity index (χ4v) is 5.02. The van der Waals surface area contributed by atoms with Crippen molar-refractivity contribution in [3.05, 3.63) is 42.1 Å². The van der Waals surface area contributed by atoms with Crippen molar-refractivity contribution < 1.29 is 13.9 Å². The molecule has 0 bridgehead atoms. The number of ether oxygens (including phenoxy) is 1. The number of carbonyl (C=O) groups excluding carboxylic acids is 1. The number of carbonyl (C=O) groups is 1. The molecule has 6 nitrogen and oxygen atoms in total. The van der Waals surface area contributed by atoms with Crippen LogP contribution in [0, 0.1) is 5.82 Å². The molecule has 1 amide bonds. The number of hydrogen-bond donors (Lipinski definition) is 0. The lowest BCUT2D eigenvalue weighted by molar-refractivity contribution is -0.127. The number of fused-ring (bicyclic) bond motifs is 1. The van der Waals surface area contributed by atoms with Crippen molar-refractivity contribution in [2.45, 2.75) is 30.2 Å². The summed E-state index contributed by atoms with van der Waals surface area (Å²) in [4.78, 5) is 26.6.